The Morgan fingerprint density at radius 1 is 0.850 bits per heavy atom. The maximum atomic E-state index is 9.33. The number of fused-ring (bicyclic) bond motifs is 1. The monoisotopic (exact) mass is 270 g/mol. The van der Waals surface area contributed by atoms with E-state index in [1.807, 2.05) is 12.1 Å². The van der Waals surface area contributed by atoms with Crippen molar-refractivity contribution in [3.8, 4) is 17.2 Å². The minimum Gasteiger partial charge on any atom is -0.508 e. The predicted molar refractivity (Wildman–Crippen MR) is 77.6 cm³/mol. The van der Waals surface area contributed by atoms with Crippen LogP contribution in [0.2, 0.25) is 0 Å². The second-order valence-corrected chi connectivity index (χ2v) is 4.98. The van der Waals surface area contributed by atoms with Crippen LogP contribution in [0.3, 0.4) is 0 Å². The molecule has 2 aromatic carbocycles. The molecule has 0 aliphatic heterocycles. The summed E-state index contributed by atoms with van der Waals surface area (Å²) < 4.78 is 11.2. The van der Waals surface area contributed by atoms with Crippen LogP contribution >= 0.6 is 0 Å². The molecule has 1 aliphatic carbocycles. The summed E-state index contributed by atoms with van der Waals surface area (Å²) in [5.41, 5.74) is 2.87. The summed E-state index contributed by atoms with van der Waals surface area (Å²) in [6.45, 7) is 0.953. The van der Waals surface area contributed by atoms with Crippen molar-refractivity contribution in [2.45, 2.75) is 19.3 Å². The van der Waals surface area contributed by atoms with Crippen molar-refractivity contribution in [3.63, 3.8) is 0 Å². The fourth-order valence-electron chi connectivity index (χ4n) is 2.53. The van der Waals surface area contributed by atoms with E-state index >= 15 is 0 Å². The van der Waals surface area contributed by atoms with Gasteiger partial charge in [0.1, 0.15) is 30.5 Å². The minimum atomic E-state index is 0.210. The van der Waals surface area contributed by atoms with Crippen molar-refractivity contribution in [1.82, 2.24) is 0 Å². The lowest BCUT2D eigenvalue weighted by atomic mass is 10.1. The Morgan fingerprint density at radius 3 is 2.40 bits per heavy atom. The number of aromatic hydroxyl groups is 1. The molecule has 0 unspecified atom stereocenters. The van der Waals surface area contributed by atoms with Crippen molar-refractivity contribution in [2.24, 2.45) is 0 Å². The third-order valence-electron chi connectivity index (χ3n) is 3.51. The Morgan fingerprint density at radius 2 is 1.60 bits per heavy atom. The number of benzene rings is 2. The smallest absolute Gasteiger partial charge is 0.123 e. The van der Waals surface area contributed by atoms with Gasteiger partial charge in [0.25, 0.3) is 0 Å². The molecule has 1 aliphatic rings. The van der Waals surface area contributed by atoms with Gasteiger partial charge in [-0.1, -0.05) is 12.1 Å². The molecule has 0 fully saturated rings. The normalized spacial score (nSPS) is 13.0. The van der Waals surface area contributed by atoms with Gasteiger partial charge in [0, 0.05) is 6.07 Å². The highest BCUT2D eigenvalue weighted by Crippen LogP contribution is 2.26. The molecule has 20 heavy (non-hydrogen) atoms. The number of aryl methyl sites for hydroxylation is 2. The van der Waals surface area contributed by atoms with Crippen molar-refractivity contribution in [2.75, 3.05) is 13.2 Å². The van der Waals surface area contributed by atoms with E-state index < -0.39 is 0 Å². The summed E-state index contributed by atoms with van der Waals surface area (Å²) in [5.74, 6) is 1.77. The standard InChI is InChI=1S/C17H18O3/c18-15-5-2-6-16(12-15)19-9-10-20-17-8-7-13-3-1-4-14(13)11-17/h2,5-8,11-12,18H,1,3-4,9-10H2. The quantitative estimate of drug-likeness (QED) is 0.847. The second-order valence-electron chi connectivity index (χ2n) is 4.98. The summed E-state index contributed by atoms with van der Waals surface area (Å²) in [4.78, 5) is 0. The van der Waals surface area contributed by atoms with Gasteiger partial charge in [0.15, 0.2) is 0 Å². The average Bonchev–Trinajstić information content (AvgIpc) is 2.91. The first-order valence-corrected chi connectivity index (χ1v) is 6.98. The minimum absolute atomic E-state index is 0.210. The van der Waals surface area contributed by atoms with E-state index in [1.54, 1.807) is 18.2 Å². The van der Waals surface area contributed by atoms with Gasteiger partial charge in [-0.25, -0.2) is 0 Å². The van der Waals surface area contributed by atoms with Crippen molar-refractivity contribution >= 4 is 0 Å². The van der Waals surface area contributed by atoms with Gasteiger partial charge in [-0.15, -0.1) is 0 Å². The molecule has 0 saturated heterocycles. The van der Waals surface area contributed by atoms with Gasteiger partial charge in [-0.3, -0.25) is 0 Å². The molecule has 3 rings (SSSR count). The Kier molecular flexibility index (Phi) is 3.77. The van der Waals surface area contributed by atoms with Crippen LogP contribution < -0.4 is 9.47 Å². The van der Waals surface area contributed by atoms with Gasteiger partial charge >= 0.3 is 0 Å². The van der Waals surface area contributed by atoms with Gasteiger partial charge in [-0.2, -0.15) is 0 Å². The zero-order valence-corrected chi connectivity index (χ0v) is 11.3. The van der Waals surface area contributed by atoms with Crippen LogP contribution in [-0.4, -0.2) is 18.3 Å². The lowest BCUT2D eigenvalue weighted by Crippen LogP contribution is -2.09. The van der Waals surface area contributed by atoms with E-state index in [2.05, 4.69) is 12.1 Å². The molecule has 0 bridgehead atoms. The molecule has 1 N–H and O–H groups in total. The molecular formula is C17H18O3. The average molecular weight is 270 g/mol. The molecule has 0 aromatic heterocycles. The third-order valence-corrected chi connectivity index (χ3v) is 3.51. The lowest BCUT2D eigenvalue weighted by molar-refractivity contribution is 0.216. The first-order valence-electron chi connectivity index (χ1n) is 6.98. The maximum absolute atomic E-state index is 9.33. The molecule has 0 atom stereocenters. The van der Waals surface area contributed by atoms with E-state index in [0.717, 1.165) is 12.2 Å². The molecule has 104 valence electrons. The number of rotatable bonds is 5. The van der Waals surface area contributed by atoms with Crippen LogP contribution in [0.25, 0.3) is 0 Å². The fourth-order valence-corrected chi connectivity index (χ4v) is 2.53. The molecule has 0 amide bonds. The van der Waals surface area contributed by atoms with Gasteiger partial charge in [-0.05, 0) is 54.7 Å². The van der Waals surface area contributed by atoms with E-state index in [0.29, 0.717) is 19.0 Å². The topological polar surface area (TPSA) is 38.7 Å². The largest absolute Gasteiger partial charge is 0.508 e. The van der Waals surface area contributed by atoms with Gasteiger partial charge < -0.3 is 14.6 Å². The van der Waals surface area contributed by atoms with Crippen molar-refractivity contribution in [1.29, 1.82) is 0 Å². The van der Waals surface area contributed by atoms with Crippen LogP contribution in [0.15, 0.2) is 42.5 Å². The fraction of sp³-hybridized carbons (Fsp3) is 0.294. The van der Waals surface area contributed by atoms with Crippen LogP contribution in [-0.2, 0) is 12.8 Å². The van der Waals surface area contributed by atoms with E-state index in [-0.39, 0.29) is 5.75 Å². The molecule has 0 radical (unpaired) electrons. The number of ether oxygens (including phenoxy) is 2. The van der Waals surface area contributed by atoms with E-state index in [1.165, 1.54) is 24.0 Å². The molecule has 2 aromatic rings. The zero-order valence-electron chi connectivity index (χ0n) is 11.3. The Labute approximate surface area is 118 Å². The molecule has 3 heteroatoms. The van der Waals surface area contributed by atoms with Gasteiger partial charge in [0.05, 0.1) is 0 Å². The summed E-state index contributed by atoms with van der Waals surface area (Å²) in [5, 5.41) is 9.33. The Bertz CT molecular complexity index is 593. The summed E-state index contributed by atoms with van der Waals surface area (Å²) in [6, 6.07) is 13.1. The van der Waals surface area contributed by atoms with Gasteiger partial charge in [0.2, 0.25) is 0 Å². The van der Waals surface area contributed by atoms with E-state index in [9.17, 15) is 5.11 Å². The van der Waals surface area contributed by atoms with Crippen LogP contribution in [0, 0.1) is 0 Å². The van der Waals surface area contributed by atoms with Crippen LogP contribution in [0.1, 0.15) is 17.5 Å². The van der Waals surface area contributed by atoms with E-state index in [4.69, 9.17) is 9.47 Å². The lowest BCUT2D eigenvalue weighted by Gasteiger charge is -2.09. The van der Waals surface area contributed by atoms with Crippen LogP contribution in [0.5, 0.6) is 17.2 Å². The summed E-state index contributed by atoms with van der Waals surface area (Å²) in [7, 11) is 0. The number of hydrogen-bond acceptors (Lipinski definition) is 3. The molecule has 0 spiro atoms. The predicted octanol–water partition coefficient (Wildman–Crippen LogP) is 3.34. The summed E-state index contributed by atoms with van der Waals surface area (Å²) >= 11 is 0. The molecule has 0 saturated carbocycles. The molecular weight excluding hydrogens is 252 g/mol. The highest BCUT2D eigenvalue weighted by atomic mass is 16.5. The number of phenols is 1. The number of phenolic OH excluding ortho intramolecular Hbond substituents is 1. The number of hydrogen-bond donors (Lipinski definition) is 1. The first-order chi connectivity index (χ1) is 9.81. The zero-order chi connectivity index (χ0) is 13.8. The maximum Gasteiger partial charge on any atom is 0.123 e. The van der Waals surface area contributed by atoms with Crippen molar-refractivity contribution < 1.29 is 14.6 Å². The third kappa shape index (κ3) is 3.05. The Hall–Kier alpha value is -2.16. The second kappa shape index (κ2) is 5.87. The Balaban J connectivity index is 1.48. The first kappa shape index (κ1) is 12.9. The van der Waals surface area contributed by atoms with Crippen molar-refractivity contribution in [3.05, 3.63) is 53.6 Å². The SMILES string of the molecule is Oc1cccc(OCCOc2ccc3c(c2)CCC3)c1. The highest BCUT2D eigenvalue weighted by Gasteiger charge is 2.10. The molecule has 3 nitrogen and oxygen atoms in total. The summed E-state index contributed by atoms with van der Waals surface area (Å²) in [6.07, 6.45) is 3.60. The molecule has 0 heterocycles. The highest BCUT2D eigenvalue weighted by molar-refractivity contribution is 5.38. The van der Waals surface area contributed by atoms with Crippen LogP contribution in [0.4, 0.5) is 0 Å².